The highest BCUT2D eigenvalue weighted by Gasteiger charge is 2.05. The SMILES string of the molecule is O=C(CCc1cncs1)OCCOc1ccc2ccccc2c1. The van der Waals surface area contributed by atoms with Crippen molar-refractivity contribution in [2.24, 2.45) is 0 Å². The Hall–Kier alpha value is -2.40. The third-order valence-corrected chi connectivity index (χ3v) is 4.23. The third kappa shape index (κ3) is 4.53. The molecule has 3 aromatic rings. The fraction of sp³-hybridized carbons (Fsp3) is 0.222. The molecule has 0 spiro atoms. The van der Waals surface area contributed by atoms with Gasteiger partial charge in [0.2, 0.25) is 0 Å². The number of ether oxygens (including phenoxy) is 2. The Labute approximate surface area is 138 Å². The smallest absolute Gasteiger partial charge is 0.306 e. The average molecular weight is 327 g/mol. The van der Waals surface area contributed by atoms with Crippen molar-refractivity contribution in [2.45, 2.75) is 12.8 Å². The van der Waals surface area contributed by atoms with Crippen LogP contribution < -0.4 is 4.74 Å². The van der Waals surface area contributed by atoms with Crippen LogP contribution in [-0.2, 0) is 16.0 Å². The van der Waals surface area contributed by atoms with Crippen LogP contribution in [0.5, 0.6) is 5.75 Å². The van der Waals surface area contributed by atoms with Gasteiger partial charge in [-0.25, -0.2) is 0 Å². The van der Waals surface area contributed by atoms with Crippen LogP contribution in [0.3, 0.4) is 0 Å². The molecule has 0 amide bonds. The Kier molecular flexibility index (Phi) is 5.21. The van der Waals surface area contributed by atoms with Crippen molar-refractivity contribution in [3.8, 4) is 5.75 Å². The van der Waals surface area contributed by atoms with E-state index >= 15 is 0 Å². The normalized spacial score (nSPS) is 10.6. The molecule has 5 heteroatoms. The molecule has 0 atom stereocenters. The number of thiazole rings is 1. The molecule has 0 unspecified atom stereocenters. The molecule has 0 fully saturated rings. The topological polar surface area (TPSA) is 48.4 Å². The van der Waals surface area contributed by atoms with Gasteiger partial charge in [0.15, 0.2) is 0 Å². The van der Waals surface area contributed by atoms with Gasteiger partial charge in [-0.15, -0.1) is 11.3 Å². The molecule has 1 heterocycles. The van der Waals surface area contributed by atoms with Gasteiger partial charge >= 0.3 is 5.97 Å². The van der Waals surface area contributed by atoms with Gasteiger partial charge in [0.25, 0.3) is 0 Å². The van der Waals surface area contributed by atoms with Gasteiger partial charge in [-0.3, -0.25) is 9.78 Å². The summed E-state index contributed by atoms with van der Waals surface area (Å²) in [6.07, 6.45) is 2.83. The lowest BCUT2D eigenvalue weighted by atomic mass is 10.1. The number of esters is 1. The average Bonchev–Trinajstić information content (AvgIpc) is 3.10. The maximum atomic E-state index is 11.6. The Morgan fingerprint density at radius 3 is 2.78 bits per heavy atom. The van der Waals surface area contributed by atoms with Crippen LogP contribution in [0, 0.1) is 0 Å². The molecule has 4 nitrogen and oxygen atoms in total. The van der Waals surface area contributed by atoms with Crippen molar-refractivity contribution in [1.29, 1.82) is 0 Å². The first-order valence-electron chi connectivity index (χ1n) is 7.46. The molecule has 0 radical (unpaired) electrons. The second-order valence-electron chi connectivity index (χ2n) is 5.05. The number of hydrogen-bond acceptors (Lipinski definition) is 5. The number of nitrogens with zero attached hydrogens (tertiary/aromatic N) is 1. The van der Waals surface area contributed by atoms with Crippen LogP contribution in [0.2, 0.25) is 0 Å². The van der Waals surface area contributed by atoms with E-state index in [1.54, 1.807) is 23.0 Å². The van der Waals surface area contributed by atoms with Crippen LogP contribution >= 0.6 is 11.3 Å². The number of benzene rings is 2. The van der Waals surface area contributed by atoms with Crippen molar-refractivity contribution >= 4 is 28.1 Å². The van der Waals surface area contributed by atoms with Crippen molar-refractivity contribution in [3.63, 3.8) is 0 Å². The third-order valence-electron chi connectivity index (χ3n) is 3.40. The highest BCUT2D eigenvalue weighted by Crippen LogP contribution is 2.20. The maximum absolute atomic E-state index is 11.6. The monoisotopic (exact) mass is 327 g/mol. The molecule has 0 aliphatic carbocycles. The molecular formula is C18H17NO3S. The Bertz CT molecular complexity index is 771. The van der Waals surface area contributed by atoms with Crippen LogP contribution in [0.4, 0.5) is 0 Å². The summed E-state index contributed by atoms with van der Waals surface area (Å²) in [5.41, 5.74) is 1.76. The first-order chi connectivity index (χ1) is 11.3. The number of carbonyl (C=O) groups is 1. The summed E-state index contributed by atoms with van der Waals surface area (Å²) in [4.78, 5) is 16.7. The fourth-order valence-electron chi connectivity index (χ4n) is 2.24. The minimum absolute atomic E-state index is 0.208. The van der Waals surface area contributed by atoms with E-state index in [1.807, 2.05) is 36.4 Å². The van der Waals surface area contributed by atoms with E-state index in [9.17, 15) is 4.79 Å². The van der Waals surface area contributed by atoms with E-state index in [0.717, 1.165) is 16.0 Å². The van der Waals surface area contributed by atoms with E-state index in [-0.39, 0.29) is 12.6 Å². The van der Waals surface area contributed by atoms with E-state index in [1.165, 1.54) is 5.39 Å². The number of aryl methyl sites for hydroxylation is 1. The summed E-state index contributed by atoms with van der Waals surface area (Å²) < 4.78 is 10.8. The number of hydrogen-bond donors (Lipinski definition) is 0. The quantitative estimate of drug-likeness (QED) is 0.488. The molecule has 23 heavy (non-hydrogen) atoms. The first-order valence-corrected chi connectivity index (χ1v) is 8.34. The van der Waals surface area contributed by atoms with Gasteiger partial charge in [0.1, 0.15) is 19.0 Å². The fourth-order valence-corrected chi connectivity index (χ4v) is 2.83. The zero-order valence-electron chi connectivity index (χ0n) is 12.6. The van der Waals surface area contributed by atoms with Crippen LogP contribution in [0.1, 0.15) is 11.3 Å². The van der Waals surface area contributed by atoms with Crippen LogP contribution in [0.15, 0.2) is 54.2 Å². The summed E-state index contributed by atoms with van der Waals surface area (Å²) in [7, 11) is 0. The van der Waals surface area contributed by atoms with E-state index in [2.05, 4.69) is 11.1 Å². The second-order valence-corrected chi connectivity index (χ2v) is 6.02. The Morgan fingerprint density at radius 2 is 1.96 bits per heavy atom. The van der Waals surface area contributed by atoms with Gasteiger partial charge in [0.05, 0.1) is 11.9 Å². The molecule has 0 saturated carbocycles. The van der Waals surface area contributed by atoms with E-state index < -0.39 is 0 Å². The van der Waals surface area contributed by atoms with Crippen LogP contribution in [-0.4, -0.2) is 24.2 Å². The zero-order chi connectivity index (χ0) is 15.9. The first kappa shape index (κ1) is 15.5. The summed E-state index contributed by atoms with van der Waals surface area (Å²) in [6, 6.07) is 14.0. The van der Waals surface area contributed by atoms with Gasteiger partial charge in [0, 0.05) is 11.1 Å². The van der Waals surface area contributed by atoms with Gasteiger partial charge in [-0.05, 0) is 29.3 Å². The standard InChI is InChI=1S/C18H17NO3S/c20-18(8-7-17-12-19-13-23-17)22-10-9-21-16-6-5-14-3-1-2-4-15(14)11-16/h1-6,11-13H,7-10H2. The number of fused-ring (bicyclic) bond motifs is 1. The molecule has 1 aromatic heterocycles. The molecule has 2 aromatic carbocycles. The molecule has 0 saturated heterocycles. The summed E-state index contributed by atoms with van der Waals surface area (Å²) >= 11 is 1.55. The molecular weight excluding hydrogens is 310 g/mol. The maximum Gasteiger partial charge on any atom is 0.306 e. The highest BCUT2D eigenvalue weighted by molar-refractivity contribution is 7.09. The summed E-state index contributed by atoms with van der Waals surface area (Å²) in [6.45, 7) is 0.610. The van der Waals surface area contributed by atoms with Crippen molar-refractivity contribution < 1.29 is 14.3 Å². The highest BCUT2D eigenvalue weighted by atomic mass is 32.1. The molecule has 0 aliphatic heterocycles. The van der Waals surface area contributed by atoms with Crippen LogP contribution in [0.25, 0.3) is 10.8 Å². The lowest BCUT2D eigenvalue weighted by Crippen LogP contribution is -2.12. The number of carbonyl (C=O) groups excluding carboxylic acids is 1. The van der Waals surface area contributed by atoms with Crippen molar-refractivity contribution in [2.75, 3.05) is 13.2 Å². The van der Waals surface area contributed by atoms with Crippen molar-refractivity contribution in [3.05, 3.63) is 59.0 Å². The lowest BCUT2D eigenvalue weighted by Gasteiger charge is -2.08. The summed E-state index contributed by atoms with van der Waals surface area (Å²) in [5, 5.41) is 2.31. The van der Waals surface area contributed by atoms with Crippen molar-refractivity contribution in [1.82, 2.24) is 4.98 Å². The van der Waals surface area contributed by atoms with Gasteiger partial charge in [-0.2, -0.15) is 0 Å². The van der Waals surface area contributed by atoms with Gasteiger partial charge < -0.3 is 9.47 Å². The largest absolute Gasteiger partial charge is 0.490 e. The number of rotatable bonds is 7. The Morgan fingerprint density at radius 1 is 1.09 bits per heavy atom. The van der Waals surface area contributed by atoms with E-state index in [0.29, 0.717) is 19.4 Å². The molecule has 0 bridgehead atoms. The minimum Gasteiger partial charge on any atom is -0.490 e. The minimum atomic E-state index is -0.208. The molecule has 118 valence electrons. The predicted octanol–water partition coefficient (Wildman–Crippen LogP) is 3.85. The lowest BCUT2D eigenvalue weighted by molar-refractivity contribution is -0.144. The second kappa shape index (κ2) is 7.74. The predicted molar refractivity (Wildman–Crippen MR) is 90.8 cm³/mol. The van der Waals surface area contributed by atoms with Gasteiger partial charge in [-0.1, -0.05) is 30.3 Å². The number of aromatic nitrogens is 1. The molecule has 0 N–H and O–H groups in total. The molecule has 3 rings (SSSR count). The summed E-state index contributed by atoms with van der Waals surface area (Å²) in [5.74, 6) is 0.574. The molecule has 0 aliphatic rings. The van der Waals surface area contributed by atoms with E-state index in [4.69, 9.17) is 9.47 Å². The Balaban J connectivity index is 1.39. The zero-order valence-corrected chi connectivity index (χ0v) is 13.4.